The Bertz CT molecular complexity index is 1220. The van der Waals surface area contributed by atoms with Gasteiger partial charge in [0, 0.05) is 11.9 Å². The van der Waals surface area contributed by atoms with Crippen LogP contribution in [0, 0.1) is 13.8 Å². The van der Waals surface area contributed by atoms with Gasteiger partial charge in [-0.15, -0.1) is 0 Å². The quantitative estimate of drug-likeness (QED) is 0.386. The Morgan fingerprint density at radius 1 is 0.567 bits per heavy atom. The predicted molar refractivity (Wildman–Crippen MR) is 125 cm³/mol. The first-order valence-corrected chi connectivity index (χ1v) is 10.3. The summed E-state index contributed by atoms with van der Waals surface area (Å²) in [6.45, 7) is 4.39. The third-order valence-corrected chi connectivity index (χ3v) is 6.07. The maximum Gasteiger partial charge on any atom is 0.520 e. The molecule has 0 saturated carbocycles. The van der Waals surface area contributed by atoms with E-state index >= 15 is 0 Å². The standard InChI is InChI=1S/C25H21BN4/c1-18-10-9-11-19(2)25(18)30-23-15-6-4-13-21(23)28-20-12-3-5-14-22(20)29(26(28)30)24-16-7-8-17-27-24/h3-17H,1-2H3. The van der Waals surface area contributed by atoms with Crippen molar-refractivity contribution in [2.24, 2.45) is 0 Å². The fourth-order valence-corrected chi connectivity index (χ4v) is 4.88. The van der Waals surface area contributed by atoms with Crippen LogP contribution in [-0.4, -0.2) is 12.1 Å². The number of hydrogen-bond acceptors (Lipinski definition) is 4. The highest BCUT2D eigenvalue weighted by Crippen LogP contribution is 2.55. The molecule has 0 fully saturated rings. The van der Waals surface area contributed by atoms with E-state index < -0.39 is 0 Å². The summed E-state index contributed by atoms with van der Waals surface area (Å²) in [7, 11) is -0.0468. The molecule has 1 aromatic heterocycles. The number of anilines is 6. The number of aryl methyl sites for hydroxylation is 2. The molecule has 0 unspecified atom stereocenters. The minimum Gasteiger partial charge on any atom is -0.343 e. The van der Waals surface area contributed by atoms with Crippen molar-refractivity contribution in [1.29, 1.82) is 0 Å². The van der Waals surface area contributed by atoms with Crippen LogP contribution in [0.2, 0.25) is 0 Å². The minimum atomic E-state index is -0.0468. The van der Waals surface area contributed by atoms with Gasteiger partial charge in [-0.3, -0.25) is 0 Å². The first-order chi connectivity index (χ1) is 14.8. The molecule has 4 aromatic rings. The molecule has 30 heavy (non-hydrogen) atoms. The van der Waals surface area contributed by atoms with Crippen molar-refractivity contribution in [3.63, 3.8) is 0 Å². The molecule has 2 aliphatic rings. The second-order valence-electron chi connectivity index (χ2n) is 7.86. The number of benzene rings is 3. The number of hydrogen-bond donors (Lipinski definition) is 0. The van der Waals surface area contributed by atoms with Gasteiger partial charge in [0.1, 0.15) is 5.82 Å². The third-order valence-electron chi connectivity index (χ3n) is 6.07. The van der Waals surface area contributed by atoms with Gasteiger partial charge < -0.3 is 14.4 Å². The van der Waals surface area contributed by atoms with Gasteiger partial charge in [0.2, 0.25) is 0 Å². The van der Waals surface area contributed by atoms with Gasteiger partial charge in [-0.05, 0) is 61.4 Å². The number of pyridine rings is 1. The molecule has 144 valence electrons. The molecule has 6 rings (SSSR count). The highest BCUT2D eigenvalue weighted by molar-refractivity contribution is 6.80. The minimum absolute atomic E-state index is 0.0468. The Morgan fingerprint density at radius 2 is 1.10 bits per heavy atom. The number of nitrogens with zero attached hydrogens (tertiary/aromatic N) is 4. The average Bonchev–Trinajstić information content (AvgIpc) is 3.28. The lowest BCUT2D eigenvalue weighted by molar-refractivity contribution is 1.21. The topological polar surface area (TPSA) is 22.6 Å². The summed E-state index contributed by atoms with van der Waals surface area (Å²) in [5, 5.41) is 0. The molecule has 0 amide bonds. The second kappa shape index (κ2) is 6.39. The highest BCUT2D eigenvalue weighted by atomic mass is 15.5. The Morgan fingerprint density at radius 3 is 1.67 bits per heavy atom. The molecular weight excluding hydrogens is 367 g/mol. The maximum absolute atomic E-state index is 4.73. The van der Waals surface area contributed by atoms with E-state index in [1.165, 1.54) is 39.6 Å². The number of para-hydroxylation sites is 5. The van der Waals surface area contributed by atoms with Crippen molar-refractivity contribution in [2.45, 2.75) is 13.8 Å². The summed E-state index contributed by atoms with van der Waals surface area (Å²) < 4.78 is 0. The molecule has 0 atom stereocenters. The van der Waals surface area contributed by atoms with Gasteiger partial charge in [-0.1, -0.05) is 48.5 Å². The summed E-state index contributed by atoms with van der Waals surface area (Å²) in [6, 6.07) is 29.9. The summed E-state index contributed by atoms with van der Waals surface area (Å²) in [5.41, 5.74) is 8.60. The number of rotatable bonds is 2. The largest absolute Gasteiger partial charge is 0.520 e. The van der Waals surface area contributed by atoms with Crippen molar-refractivity contribution in [3.8, 4) is 0 Å². The van der Waals surface area contributed by atoms with Crippen LogP contribution in [0.3, 0.4) is 0 Å². The summed E-state index contributed by atoms with van der Waals surface area (Å²) >= 11 is 0. The molecule has 0 bridgehead atoms. The van der Waals surface area contributed by atoms with E-state index in [-0.39, 0.29) is 7.12 Å². The fourth-order valence-electron chi connectivity index (χ4n) is 4.88. The molecule has 0 aliphatic carbocycles. The van der Waals surface area contributed by atoms with Crippen LogP contribution in [0.1, 0.15) is 11.1 Å². The predicted octanol–water partition coefficient (Wildman–Crippen LogP) is 6.12. The van der Waals surface area contributed by atoms with E-state index in [0.29, 0.717) is 0 Å². The average molecular weight is 388 g/mol. The van der Waals surface area contributed by atoms with Gasteiger partial charge in [0.05, 0.1) is 22.7 Å². The summed E-state index contributed by atoms with van der Waals surface area (Å²) in [4.78, 5) is 12.0. The molecule has 0 radical (unpaired) electrons. The van der Waals surface area contributed by atoms with E-state index in [1.54, 1.807) is 0 Å². The van der Waals surface area contributed by atoms with E-state index in [4.69, 9.17) is 4.98 Å². The molecule has 0 N–H and O–H groups in total. The molecule has 0 spiro atoms. The van der Waals surface area contributed by atoms with Crippen molar-refractivity contribution < 1.29 is 0 Å². The Hall–Kier alpha value is -3.73. The van der Waals surface area contributed by atoms with E-state index in [9.17, 15) is 0 Å². The monoisotopic (exact) mass is 388 g/mol. The van der Waals surface area contributed by atoms with Crippen molar-refractivity contribution in [1.82, 2.24) is 4.98 Å². The molecular formula is C25H21BN4. The molecule has 3 aromatic carbocycles. The first-order valence-electron chi connectivity index (χ1n) is 10.3. The Kier molecular flexibility index (Phi) is 3.66. The van der Waals surface area contributed by atoms with Crippen LogP contribution in [0.25, 0.3) is 0 Å². The van der Waals surface area contributed by atoms with Crippen LogP contribution in [0.5, 0.6) is 0 Å². The molecule has 0 saturated heterocycles. The smallest absolute Gasteiger partial charge is 0.343 e. The highest BCUT2D eigenvalue weighted by Gasteiger charge is 2.54. The van der Waals surface area contributed by atoms with Crippen LogP contribution >= 0.6 is 0 Å². The van der Waals surface area contributed by atoms with E-state index in [0.717, 1.165) is 5.82 Å². The van der Waals surface area contributed by atoms with Crippen LogP contribution in [0.15, 0.2) is 91.1 Å². The lowest BCUT2D eigenvalue weighted by Gasteiger charge is -2.32. The van der Waals surface area contributed by atoms with Crippen LogP contribution in [0.4, 0.5) is 34.3 Å². The van der Waals surface area contributed by atoms with Gasteiger partial charge in [0.25, 0.3) is 0 Å². The number of fused-ring (bicyclic) bond motifs is 5. The molecule has 5 heteroatoms. The molecule has 2 aliphatic heterocycles. The lowest BCUT2D eigenvalue weighted by atomic mass is 9.85. The van der Waals surface area contributed by atoms with E-state index in [2.05, 4.69) is 107 Å². The van der Waals surface area contributed by atoms with Crippen LogP contribution < -0.4 is 14.4 Å². The van der Waals surface area contributed by atoms with Gasteiger partial charge in [-0.2, -0.15) is 0 Å². The summed E-state index contributed by atoms with van der Waals surface area (Å²) in [5.74, 6) is 0.946. The summed E-state index contributed by atoms with van der Waals surface area (Å²) in [6.07, 6.45) is 1.87. The van der Waals surface area contributed by atoms with Crippen LogP contribution in [-0.2, 0) is 0 Å². The molecule has 3 heterocycles. The van der Waals surface area contributed by atoms with Crippen molar-refractivity contribution >= 4 is 41.4 Å². The maximum atomic E-state index is 4.73. The number of aromatic nitrogens is 1. The first kappa shape index (κ1) is 17.2. The van der Waals surface area contributed by atoms with Crippen molar-refractivity contribution in [2.75, 3.05) is 14.4 Å². The zero-order valence-electron chi connectivity index (χ0n) is 17.0. The normalized spacial score (nSPS) is 14.1. The van der Waals surface area contributed by atoms with Gasteiger partial charge in [-0.25, -0.2) is 4.98 Å². The lowest BCUT2D eigenvalue weighted by Crippen LogP contribution is -2.52. The molecule has 4 nitrogen and oxygen atoms in total. The Balaban J connectivity index is 1.66. The zero-order valence-corrected chi connectivity index (χ0v) is 17.0. The van der Waals surface area contributed by atoms with Gasteiger partial charge >= 0.3 is 7.12 Å². The van der Waals surface area contributed by atoms with E-state index in [1.807, 2.05) is 12.3 Å². The third kappa shape index (κ3) is 2.26. The van der Waals surface area contributed by atoms with Gasteiger partial charge in [0.15, 0.2) is 0 Å². The SMILES string of the molecule is Cc1cccc(C)c1N1B2N(c3ccccn3)c3ccccc3N2c2ccccc21. The van der Waals surface area contributed by atoms with Crippen molar-refractivity contribution in [3.05, 3.63) is 102 Å². The zero-order chi connectivity index (χ0) is 20.2. The Labute approximate surface area is 177 Å². The second-order valence-corrected chi connectivity index (χ2v) is 7.86. The fraction of sp³-hybridized carbons (Fsp3) is 0.0800.